The predicted octanol–water partition coefficient (Wildman–Crippen LogP) is 3.16. The highest BCUT2D eigenvalue weighted by molar-refractivity contribution is 7.89. The Morgan fingerprint density at radius 3 is 2.52 bits per heavy atom. The molecule has 21 heavy (non-hydrogen) atoms. The van der Waals surface area contributed by atoms with E-state index in [0.29, 0.717) is 5.92 Å². The van der Waals surface area contributed by atoms with Crippen LogP contribution in [0.3, 0.4) is 0 Å². The minimum atomic E-state index is -3.88. The fourth-order valence-electron chi connectivity index (χ4n) is 2.13. The van der Waals surface area contributed by atoms with E-state index in [1.54, 1.807) is 6.92 Å². The smallest absolute Gasteiger partial charge is 0.337 e. The first-order valence-electron chi connectivity index (χ1n) is 6.45. The van der Waals surface area contributed by atoms with Crippen LogP contribution in [0.5, 0.6) is 0 Å². The van der Waals surface area contributed by atoms with Gasteiger partial charge in [0.25, 0.3) is 0 Å². The molecule has 1 saturated carbocycles. The number of carboxylic acid groups (broad SMARTS) is 1. The fourth-order valence-corrected chi connectivity index (χ4v) is 4.24. The Hall–Kier alpha value is -0.820. The lowest BCUT2D eigenvalue weighted by atomic mass is 10.2. The van der Waals surface area contributed by atoms with E-state index in [0.717, 1.165) is 31.4 Å². The molecule has 2 N–H and O–H groups in total. The highest BCUT2D eigenvalue weighted by Crippen LogP contribution is 2.34. The first kappa shape index (κ1) is 16.5. The van der Waals surface area contributed by atoms with E-state index < -0.39 is 16.0 Å². The predicted molar refractivity (Wildman–Crippen MR) is 80.5 cm³/mol. The highest BCUT2D eigenvalue weighted by atomic mass is 35.5. The molecule has 1 aliphatic rings. The summed E-state index contributed by atoms with van der Waals surface area (Å²) >= 11 is 11.6. The van der Waals surface area contributed by atoms with Crippen LogP contribution in [0.1, 0.15) is 36.5 Å². The van der Waals surface area contributed by atoms with Crippen LogP contribution in [0, 0.1) is 5.92 Å². The molecule has 2 rings (SSSR count). The van der Waals surface area contributed by atoms with Crippen LogP contribution >= 0.6 is 23.2 Å². The molecule has 0 amide bonds. The molecule has 0 heterocycles. The lowest BCUT2D eigenvalue weighted by Gasteiger charge is -2.15. The van der Waals surface area contributed by atoms with Gasteiger partial charge in [-0.1, -0.05) is 36.0 Å². The molecule has 1 unspecified atom stereocenters. The normalized spacial score (nSPS) is 16.7. The van der Waals surface area contributed by atoms with E-state index in [-0.39, 0.29) is 26.5 Å². The van der Waals surface area contributed by atoms with Crippen molar-refractivity contribution in [1.29, 1.82) is 0 Å². The molecular formula is C13H15Cl2NO4S. The van der Waals surface area contributed by atoms with Crippen molar-refractivity contribution in [1.82, 2.24) is 4.72 Å². The Bertz CT molecular complexity index is 671. The quantitative estimate of drug-likeness (QED) is 0.824. The molecule has 8 heteroatoms. The number of carboxylic acids is 1. The first-order chi connectivity index (χ1) is 9.70. The van der Waals surface area contributed by atoms with Crippen LogP contribution < -0.4 is 4.72 Å². The number of rotatable bonds is 6. The topological polar surface area (TPSA) is 83.5 Å². The number of benzene rings is 1. The van der Waals surface area contributed by atoms with Crippen molar-refractivity contribution in [3.63, 3.8) is 0 Å². The zero-order valence-electron chi connectivity index (χ0n) is 11.3. The average molecular weight is 352 g/mol. The summed E-state index contributed by atoms with van der Waals surface area (Å²) in [4.78, 5) is 10.8. The van der Waals surface area contributed by atoms with Gasteiger partial charge in [-0.25, -0.2) is 17.9 Å². The number of aromatic carboxylic acids is 1. The molecule has 1 aromatic rings. The standard InChI is InChI=1S/C13H15Cl2NO4S/c1-7(4-8-2-3-8)16-21(19,20)12-5-9(13(17)18)10(14)6-11(12)15/h5-8,16H,2-4H2,1H3,(H,17,18). The van der Waals surface area contributed by atoms with E-state index >= 15 is 0 Å². The first-order valence-corrected chi connectivity index (χ1v) is 8.69. The van der Waals surface area contributed by atoms with Crippen molar-refractivity contribution in [2.45, 2.75) is 37.1 Å². The second-order valence-corrected chi connectivity index (χ2v) is 7.77. The fraction of sp³-hybridized carbons (Fsp3) is 0.462. The summed E-state index contributed by atoms with van der Waals surface area (Å²) in [5.74, 6) is -0.739. The summed E-state index contributed by atoms with van der Waals surface area (Å²) in [6.07, 6.45) is 3.00. The van der Waals surface area contributed by atoms with E-state index in [1.165, 1.54) is 0 Å². The van der Waals surface area contributed by atoms with Crippen molar-refractivity contribution in [2.24, 2.45) is 5.92 Å². The van der Waals surface area contributed by atoms with Crippen LogP contribution in [0.4, 0.5) is 0 Å². The minimum Gasteiger partial charge on any atom is -0.478 e. The molecule has 0 bridgehead atoms. The maximum Gasteiger partial charge on any atom is 0.337 e. The minimum absolute atomic E-state index is 0.0996. The SMILES string of the molecule is CC(CC1CC1)NS(=O)(=O)c1cc(C(=O)O)c(Cl)cc1Cl. The van der Waals surface area contributed by atoms with Gasteiger partial charge >= 0.3 is 5.97 Å². The number of hydrogen-bond donors (Lipinski definition) is 2. The maximum atomic E-state index is 12.3. The molecule has 1 aromatic carbocycles. The van der Waals surface area contributed by atoms with Gasteiger partial charge in [-0.3, -0.25) is 0 Å². The summed E-state index contributed by atoms with van der Waals surface area (Å²) in [6.45, 7) is 1.78. The van der Waals surface area contributed by atoms with Crippen LogP contribution in [0.2, 0.25) is 10.0 Å². The largest absolute Gasteiger partial charge is 0.478 e. The van der Waals surface area contributed by atoms with Gasteiger partial charge in [-0.05, 0) is 31.4 Å². The zero-order chi connectivity index (χ0) is 15.8. The van der Waals surface area contributed by atoms with Crippen LogP contribution in [0.25, 0.3) is 0 Å². The number of sulfonamides is 1. The molecule has 0 aromatic heterocycles. The van der Waals surface area contributed by atoms with Crippen molar-refractivity contribution in [3.8, 4) is 0 Å². The van der Waals surface area contributed by atoms with Crippen molar-refractivity contribution < 1.29 is 18.3 Å². The molecule has 116 valence electrons. The second kappa shape index (κ2) is 6.12. The van der Waals surface area contributed by atoms with Gasteiger partial charge in [0.05, 0.1) is 15.6 Å². The Balaban J connectivity index is 2.29. The Labute approximate surface area is 133 Å². The maximum absolute atomic E-state index is 12.3. The molecule has 0 aliphatic heterocycles. The van der Waals surface area contributed by atoms with Crippen LogP contribution in [-0.4, -0.2) is 25.5 Å². The van der Waals surface area contributed by atoms with E-state index in [4.69, 9.17) is 28.3 Å². The average Bonchev–Trinajstić information content (AvgIpc) is 3.10. The summed E-state index contributed by atoms with van der Waals surface area (Å²) in [7, 11) is -3.88. The Morgan fingerprint density at radius 2 is 2.00 bits per heavy atom. The van der Waals surface area contributed by atoms with Gasteiger partial charge in [-0.2, -0.15) is 0 Å². The monoisotopic (exact) mass is 351 g/mol. The number of halogens is 2. The van der Waals surface area contributed by atoms with Gasteiger partial charge in [0.2, 0.25) is 10.0 Å². The third-order valence-corrected chi connectivity index (χ3v) is 5.65. The molecular weight excluding hydrogens is 337 g/mol. The number of carbonyl (C=O) groups is 1. The molecule has 0 saturated heterocycles. The lowest BCUT2D eigenvalue weighted by Crippen LogP contribution is -2.33. The molecule has 1 fully saturated rings. The molecule has 0 spiro atoms. The third kappa shape index (κ3) is 4.10. The van der Waals surface area contributed by atoms with Crippen molar-refractivity contribution in [3.05, 3.63) is 27.7 Å². The van der Waals surface area contributed by atoms with E-state index in [2.05, 4.69) is 4.72 Å². The van der Waals surface area contributed by atoms with Gasteiger partial charge in [0.1, 0.15) is 4.90 Å². The molecule has 0 radical (unpaired) electrons. The van der Waals surface area contributed by atoms with Crippen molar-refractivity contribution >= 4 is 39.2 Å². The molecule has 1 atom stereocenters. The van der Waals surface area contributed by atoms with Crippen molar-refractivity contribution in [2.75, 3.05) is 0 Å². The summed E-state index contributed by atoms with van der Waals surface area (Å²) in [5, 5.41) is 8.81. The van der Waals surface area contributed by atoms with Crippen LogP contribution in [0.15, 0.2) is 17.0 Å². The molecule has 1 aliphatic carbocycles. The van der Waals surface area contributed by atoms with Gasteiger partial charge in [-0.15, -0.1) is 0 Å². The Morgan fingerprint density at radius 1 is 1.38 bits per heavy atom. The summed E-state index contributed by atoms with van der Waals surface area (Å²) in [5.41, 5.74) is -0.295. The third-order valence-electron chi connectivity index (χ3n) is 3.28. The Kier molecular flexibility index (Phi) is 4.82. The van der Waals surface area contributed by atoms with E-state index in [1.807, 2.05) is 0 Å². The molecule has 5 nitrogen and oxygen atoms in total. The lowest BCUT2D eigenvalue weighted by molar-refractivity contribution is 0.0697. The van der Waals surface area contributed by atoms with Crippen LogP contribution in [-0.2, 0) is 10.0 Å². The summed E-state index contributed by atoms with van der Waals surface area (Å²) in [6, 6.07) is 1.88. The highest BCUT2D eigenvalue weighted by Gasteiger charge is 2.28. The van der Waals surface area contributed by atoms with E-state index in [9.17, 15) is 13.2 Å². The summed E-state index contributed by atoms with van der Waals surface area (Å²) < 4.78 is 27.2. The van der Waals surface area contributed by atoms with Gasteiger partial charge in [0, 0.05) is 6.04 Å². The number of hydrogen-bond acceptors (Lipinski definition) is 3. The second-order valence-electron chi connectivity index (χ2n) is 5.27. The van der Waals surface area contributed by atoms with Gasteiger partial charge < -0.3 is 5.11 Å². The number of nitrogens with one attached hydrogen (secondary N) is 1. The van der Waals surface area contributed by atoms with Gasteiger partial charge in [0.15, 0.2) is 0 Å². The zero-order valence-corrected chi connectivity index (χ0v) is 13.6.